The minimum absolute atomic E-state index is 0.0751. The maximum absolute atomic E-state index is 12.6. The lowest BCUT2D eigenvalue weighted by Gasteiger charge is -2.09. The van der Waals surface area contributed by atoms with Crippen molar-refractivity contribution in [3.63, 3.8) is 0 Å². The van der Waals surface area contributed by atoms with Gasteiger partial charge in [-0.2, -0.15) is 18.3 Å². The smallest absolute Gasteiger partial charge is 0.416 e. The van der Waals surface area contributed by atoms with Crippen LogP contribution < -0.4 is 10.7 Å². The number of nitrogens with zero attached hydrogens (tertiary/aromatic N) is 1. The van der Waals surface area contributed by atoms with Gasteiger partial charge in [-0.1, -0.05) is 18.2 Å². The summed E-state index contributed by atoms with van der Waals surface area (Å²) in [5.41, 5.74) is 1.08. The average molecular weight is 351 g/mol. The number of para-hydroxylation sites is 1. The van der Waals surface area contributed by atoms with Crippen LogP contribution >= 0.6 is 0 Å². The Morgan fingerprint density at radius 1 is 1.04 bits per heavy atom. The molecule has 0 unspecified atom stereocenters. The molecule has 2 aromatic rings. The fourth-order valence-electron chi connectivity index (χ4n) is 1.77. The van der Waals surface area contributed by atoms with E-state index in [9.17, 15) is 27.9 Å². The van der Waals surface area contributed by atoms with Crippen LogP contribution in [0.15, 0.2) is 53.6 Å². The Kier molecular flexibility index (Phi) is 5.38. The zero-order chi connectivity index (χ0) is 18.4. The molecule has 0 atom stereocenters. The first-order valence-electron chi connectivity index (χ1n) is 6.87. The van der Waals surface area contributed by atoms with Gasteiger partial charge in [0.15, 0.2) is 0 Å². The Morgan fingerprint density at radius 3 is 2.44 bits per heavy atom. The average Bonchev–Trinajstić information content (AvgIpc) is 2.56. The molecule has 0 bridgehead atoms. The molecule has 130 valence electrons. The van der Waals surface area contributed by atoms with E-state index in [-0.39, 0.29) is 11.4 Å². The number of aromatic hydroxyl groups is 1. The number of phenolic OH excluding ortho intramolecular Hbond substituents is 1. The van der Waals surface area contributed by atoms with Crippen molar-refractivity contribution in [3.05, 3.63) is 59.7 Å². The quantitative estimate of drug-likeness (QED) is 0.451. The molecule has 2 amide bonds. The standard InChI is InChI=1S/C16H12F3N3O3/c17-16(18,19)11-5-3-6-12(8-11)21-14(24)15(25)22-20-9-10-4-1-2-7-13(10)23/h1-9,23H,(H,21,24)(H,22,25)/b20-9-. The lowest BCUT2D eigenvalue weighted by Crippen LogP contribution is -2.32. The van der Waals surface area contributed by atoms with E-state index in [2.05, 4.69) is 5.10 Å². The summed E-state index contributed by atoms with van der Waals surface area (Å²) in [7, 11) is 0. The number of hydrazone groups is 1. The second-order valence-electron chi connectivity index (χ2n) is 4.79. The van der Waals surface area contributed by atoms with Crippen LogP contribution in [-0.4, -0.2) is 23.1 Å². The third-order valence-corrected chi connectivity index (χ3v) is 2.96. The molecule has 0 aliphatic carbocycles. The molecule has 9 heteroatoms. The monoisotopic (exact) mass is 351 g/mol. The molecule has 2 rings (SSSR count). The zero-order valence-electron chi connectivity index (χ0n) is 12.5. The fourth-order valence-corrected chi connectivity index (χ4v) is 1.77. The molecule has 0 aliphatic heterocycles. The number of hydrogen-bond donors (Lipinski definition) is 3. The first-order chi connectivity index (χ1) is 11.8. The molecule has 2 aromatic carbocycles. The second kappa shape index (κ2) is 7.47. The number of hydrogen-bond acceptors (Lipinski definition) is 4. The van der Waals surface area contributed by atoms with Crippen LogP contribution in [0.25, 0.3) is 0 Å². The van der Waals surface area contributed by atoms with Crippen LogP contribution in [0.3, 0.4) is 0 Å². The normalized spacial score (nSPS) is 11.3. The Bertz CT molecular complexity index is 820. The molecular formula is C16H12F3N3O3. The first kappa shape index (κ1) is 18.0. The van der Waals surface area contributed by atoms with Gasteiger partial charge in [-0.05, 0) is 30.3 Å². The van der Waals surface area contributed by atoms with E-state index in [4.69, 9.17) is 0 Å². The number of halogens is 3. The summed E-state index contributed by atoms with van der Waals surface area (Å²) in [5, 5.41) is 15.0. The summed E-state index contributed by atoms with van der Waals surface area (Å²) in [6, 6.07) is 10.0. The molecule has 25 heavy (non-hydrogen) atoms. The number of alkyl halides is 3. The van der Waals surface area contributed by atoms with E-state index >= 15 is 0 Å². The van der Waals surface area contributed by atoms with Crippen molar-refractivity contribution < 1.29 is 27.9 Å². The van der Waals surface area contributed by atoms with E-state index in [0.717, 1.165) is 18.3 Å². The van der Waals surface area contributed by atoms with Gasteiger partial charge in [-0.15, -0.1) is 0 Å². The van der Waals surface area contributed by atoms with E-state index < -0.39 is 23.6 Å². The highest BCUT2D eigenvalue weighted by molar-refractivity contribution is 6.39. The molecule has 0 fully saturated rings. The van der Waals surface area contributed by atoms with Gasteiger partial charge in [0.25, 0.3) is 0 Å². The Morgan fingerprint density at radius 2 is 1.76 bits per heavy atom. The van der Waals surface area contributed by atoms with Crippen molar-refractivity contribution in [2.24, 2.45) is 5.10 Å². The van der Waals surface area contributed by atoms with Crippen molar-refractivity contribution >= 4 is 23.7 Å². The van der Waals surface area contributed by atoms with E-state index in [1.54, 1.807) is 12.1 Å². The summed E-state index contributed by atoms with van der Waals surface area (Å²) in [6.07, 6.45) is -3.45. The van der Waals surface area contributed by atoms with Crippen molar-refractivity contribution in [1.82, 2.24) is 5.43 Å². The maximum Gasteiger partial charge on any atom is 0.416 e. The molecular weight excluding hydrogens is 339 g/mol. The molecule has 0 spiro atoms. The van der Waals surface area contributed by atoms with Gasteiger partial charge in [0.05, 0.1) is 11.8 Å². The van der Waals surface area contributed by atoms with Crippen molar-refractivity contribution in [2.75, 3.05) is 5.32 Å². The van der Waals surface area contributed by atoms with Gasteiger partial charge in [-0.3, -0.25) is 9.59 Å². The maximum atomic E-state index is 12.6. The summed E-state index contributed by atoms with van der Waals surface area (Å²) in [5.74, 6) is -2.44. The van der Waals surface area contributed by atoms with Gasteiger partial charge in [0.2, 0.25) is 0 Å². The largest absolute Gasteiger partial charge is 0.507 e. The van der Waals surface area contributed by atoms with Crippen molar-refractivity contribution in [2.45, 2.75) is 6.18 Å². The zero-order valence-corrected chi connectivity index (χ0v) is 12.5. The SMILES string of the molecule is O=C(N/N=C\c1ccccc1O)C(=O)Nc1cccc(C(F)(F)F)c1. The number of nitrogens with one attached hydrogen (secondary N) is 2. The van der Waals surface area contributed by atoms with E-state index in [1.165, 1.54) is 18.2 Å². The summed E-state index contributed by atoms with van der Waals surface area (Å²) >= 11 is 0. The van der Waals surface area contributed by atoms with Crippen LogP contribution in [0.1, 0.15) is 11.1 Å². The van der Waals surface area contributed by atoms with E-state index in [1.807, 2.05) is 10.7 Å². The van der Waals surface area contributed by atoms with Gasteiger partial charge in [-0.25, -0.2) is 5.43 Å². The molecule has 6 nitrogen and oxygen atoms in total. The predicted molar refractivity (Wildman–Crippen MR) is 83.9 cm³/mol. The first-order valence-corrected chi connectivity index (χ1v) is 6.87. The third kappa shape index (κ3) is 5.06. The molecule has 0 saturated heterocycles. The van der Waals surface area contributed by atoms with Crippen LogP contribution in [0.5, 0.6) is 5.75 Å². The minimum atomic E-state index is -4.56. The summed E-state index contributed by atoms with van der Waals surface area (Å²) < 4.78 is 37.8. The highest BCUT2D eigenvalue weighted by Gasteiger charge is 2.30. The minimum Gasteiger partial charge on any atom is -0.507 e. The fraction of sp³-hybridized carbons (Fsp3) is 0.0625. The number of amides is 2. The predicted octanol–water partition coefficient (Wildman–Crippen LogP) is 2.50. The van der Waals surface area contributed by atoms with Crippen molar-refractivity contribution in [3.8, 4) is 5.75 Å². The van der Waals surface area contributed by atoms with Crippen LogP contribution in [-0.2, 0) is 15.8 Å². The molecule has 0 heterocycles. The summed E-state index contributed by atoms with van der Waals surface area (Å²) in [6.45, 7) is 0. The van der Waals surface area contributed by atoms with Crippen LogP contribution in [0.2, 0.25) is 0 Å². The summed E-state index contributed by atoms with van der Waals surface area (Å²) in [4.78, 5) is 23.2. The van der Waals surface area contributed by atoms with Crippen LogP contribution in [0.4, 0.5) is 18.9 Å². The number of carbonyl (C=O) groups excluding carboxylic acids is 2. The van der Waals surface area contributed by atoms with Gasteiger partial charge < -0.3 is 10.4 Å². The molecule has 0 aromatic heterocycles. The topological polar surface area (TPSA) is 90.8 Å². The molecule has 3 N–H and O–H groups in total. The molecule has 0 aliphatic rings. The second-order valence-corrected chi connectivity index (χ2v) is 4.79. The third-order valence-electron chi connectivity index (χ3n) is 2.96. The van der Waals surface area contributed by atoms with Gasteiger partial charge in [0, 0.05) is 11.3 Å². The number of benzene rings is 2. The number of rotatable bonds is 3. The Labute approximate surface area is 140 Å². The number of phenols is 1. The van der Waals surface area contributed by atoms with E-state index in [0.29, 0.717) is 11.6 Å². The Hall–Kier alpha value is -3.36. The lowest BCUT2D eigenvalue weighted by atomic mass is 10.2. The van der Waals surface area contributed by atoms with Crippen molar-refractivity contribution in [1.29, 1.82) is 0 Å². The van der Waals surface area contributed by atoms with Gasteiger partial charge >= 0.3 is 18.0 Å². The van der Waals surface area contributed by atoms with Gasteiger partial charge in [0.1, 0.15) is 5.75 Å². The number of carbonyl (C=O) groups is 2. The molecule has 0 radical (unpaired) electrons. The highest BCUT2D eigenvalue weighted by Crippen LogP contribution is 2.30. The number of anilines is 1. The lowest BCUT2D eigenvalue weighted by molar-refractivity contribution is -0.137. The Balaban J connectivity index is 1.97. The highest BCUT2D eigenvalue weighted by atomic mass is 19.4. The molecule has 0 saturated carbocycles. The van der Waals surface area contributed by atoms with Crippen LogP contribution in [0, 0.1) is 0 Å².